The zero-order valence-electron chi connectivity index (χ0n) is 13.9. The van der Waals surface area contributed by atoms with Crippen LogP contribution < -0.4 is 5.32 Å². The van der Waals surface area contributed by atoms with Crippen molar-refractivity contribution < 1.29 is 0 Å². The number of nitrogens with one attached hydrogen (secondary N) is 1. The van der Waals surface area contributed by atoms with E-state index in [0.717, 1.165) is 19.0 Å². The molecule has 2 aliphatic rings. The highest BCUT2D eigenvalue weighted by Gasteiger charge is 2.59. The van der Waals surface area contributed by atoms with Gasteiger partial charge in [-0.05, 0) is 56.0 Å². The first-order valence-electron chi connectivity index (χ1n) is 8.32. The molecule has 0 aromatic heterocycles. The van der Waals surface area contributed by atoms with Gasteiger partial charge >= 0.3 is 0 Å². The Morgan fingerprint density at radius 1 is 1.21 bits per heavy atom. The molecule has 0 aromatic carbocycles. The monoisotopic (exact) mass is 266 g/mol. The van der Waals surface area contributed by atoms with Gasteiger partial charge < -0.3 is 10.2 Å². The van der Waals surface area contributed by atoms with E-state index in [4.69, 9.17) is 0 Å². The smallest absolute Gasteiger partial charge is 0.0178 e. The van der Waals surface area contributed by atoms with Gasteiger partial charge in [-0.1, -0.05) is 34.6 Å². The van der Waals surface area contributed by atoms with Gasteiger partial charge in [-0.15, -0.1) is 0 Å². The van der Waals surface area contributed by atoms with Crippen LogP contribution in [-0.4, -0.2) is 36.6 Å². The van der Waals surface area contributed by atoms with E-state index in [2.05, 4.69) is 51.8 Å². The lowest BCUT2D eigenvalue weighted by atomic mass is 9.68. The van der Waals surface area contributed by atoms with Gasteiger partial charge in [0.25, 0.3) is 0 Å². The van der Waals surface area contributed by atoms with E-state index < -0.39 is 0 Å². The van der Waals surface area contributed by atoms with Crippen LogP contribution in [0.5, 0.6) is 0 Å². The van der Waals surface area contributed by atoms with Crippen LogP contribution >= 0.6 is 0 Å². The van der Waals surface area contributed by atoms with Crippen LogP contribution in [0.1, 0.15) is 60.8 Å². The van der Waals surface area contributed by atoms with Gasteiger partial charge in [0.2, 0.25) is 0 Å². The van der Waals surface area contributed by atoms with Crippen molar-refractivity contribution in [1.29, 1.82) is 0 Å². The first-order valence-corrected chi connectivity index (χ1v) is 8.32. The summed E-state index contributed by atoms with van der Waals surface area (Å²) in [5.41, 5.74) is 1.02. The SMILES string of the molecule is CCN(CC)CC(C)NC1C2(C)CCC(C2)C1(C)C. The summed E-state index contributed by atoms with van der Waals surface area (Å²) in [5.74, 6) is 0.940. The fraction of sp³-hybridized carbons (Fsp3) is 1.00. The first-order chi connectivity index (χ1) is 8.83. The Morgan fingerprint density at radius 2 is 1.84 bits per heavy atom. The summed E-state index contributed by atoms with van der Waals surface area (Å²) in [6.45, 7) is 17.9. The van der Waals surface area contributed by atoms with E-state index in [9.17, 15) is 0 Å². The Morgan fingerprint density at radius 3 is 2.32 bits per heavy atom. The van der Waals surface area contributed by atoms with Crippen molar-refractivity contribution in [1.82, 2.24) is 10.2 Å². The normalized spacial score (nSPS) is 38.1. The zero-order chi connectivity index (χ0) is 14.3. The number of nitrogens with zero attached hydrogens (tertiary/aromatic N) is 1. The van der Waals surface area contributed by atoms with E-state index in [1.807, 2.05) is 0 Å². The third kappa shape index (κ3) is 2.71. The number of rotatable bonds is 6. The van der Waals surface area contributed by atoms with Gasteiger partial charge in [0, 0.05) is 18.6 Å². The molecule has 2 aliphatic carbocycles. The maximum atomic E-state index is 4.00. The average molecular weight is 266 g/mol. The number of hydrogen-bond donors (Lipinski definition) is 1. The molecule has 2 nitrogen and oxygen atoms in total. The summed E-state index contributed by atoms with van der Waals surface area (Å²) < 4.78 is 0. The topological polar surface area (TPSA) is 15.3 Å². The van der Waals surface area contributed by atoms with Crippen LogP contribution in [0.15, 0.2) is 0 Å². The molecule has 0 aliphatic heterocycles. The molecule has 2 saturated carbocycles. The molecule has 112 valence electrons. The van der Waals surface area contributed by atoms with Crippen LogP contribution in [-0.2, 0) is 0 Å². The van der Waals surface area contributed by atoms with Crippen LogP contribution in [0.25, 0.3) is 0 Å². The second-order valence-electron chi connectivity index (χ2n) is 7.90. The fourth-order valence-electron chi connectivity index (χ4n) is 4.92. The van der Waals surface area contributed by atoms with Crippen molar-refractivity contribution in [2.45, 2.75) is 72.9 Å². The summed E-state index contributed by atoms with van der Waals surface area (Å²) in [6, 6.07) is 1.30. The molecule has 0 aromatic rings. The summed E-state index contributed by atoms with van der Waals surface area (Å²) in [6.07, 6.45) is 4.32. The van der Waals surface area contributed by atoms with Crippen molar-refractivity contribution in [2.24, 2.45) is 16.7 Å². The Labute approximate surface area is 120 Å². The maximum absolute atomic E-state index is 4.00. The fourth-order valence-corrected chi connectivity index (χ4v) is 4.92. The molecule has 2 rings (SSSR count). The molecule has 4 unspecified atom stereocenters. The molecule has 2 heteroatoms. The van der Waals surface area contributed by atoms with Crippen molar-refractivity contribution in [3.8, 4) is 0 Å². The van der Waals surface area contributed by atoms with Gasteiger partial charge in [0.15, 0.2) is 0 Å². The number of hydrogen-bond acceptors (Lipinski definition) is 2. The van der Waals surface area contributed by atoms with Crippen molar-refractivity contribution >= 4 is 0 Å². The largest absolute Gasteiger partial charge is 0.309 e. The highest BCUT2D eigenvalue weighted by Crippen LogP contribution is 2.62. The average Bonchev–Trinajstić information content (AvgIpc) is 2.83. The van der Waals surface area contributed by atoms with Crippen molar-refractivity contribution in [3.05, 3.63) is 0 Å². The van der Waals surface area contributed by atoms with E-state index in [-0.39, 0.29) is 0 Å². The molecule has 0 spiro atoms. The molecule has 0 amide bonds. The predicted octanol–water partition coefficient (Wildman–Crippen LogP) is 3.52. The minimum Gasteiger partial charge on any atom is -0.309 e. The van der Waals surface area contributed by atoms with Gasteiger partial charge in [-0.3, -0.25) is 0 Å². The van der Waals surface area contributed by atoms with E-state index in [1.54, 1.807) is 0 Å². The molecular weight excluding hydrogens is 232 g/mol. The summed E-state index contributed by atoms with van der Waals surface area (Å²) >= 11 is 0. The van der Waals surface area contributed by atoms with Gasteiger partial charge in [-0.25, -0.2) is 0 Å². The van der Waals surface area contributed by atoms with Crippen LogP contribution in [0, 0.1) is 16.7 Å². The Bertz CT molecular complexity index is 304. The zero-order valence-corrected chi connectivity index (χ0v) is 13.9. The predicted molar refractivity (Wildman–Crippen MR) is 83.4 cm³/mol. The Kier molecular flexibility index (Phi) is 4.32. The molecule has 1 N–H and O–H groups in total. The molecule has 4 atom stereocenters. The van der Waals surface area contributed by atoms with Gasteiger partial charge in [0.1, 0.15) is 0 Å². The van der Waals surface area contributed by atoms with Crippen LogP contribution in [0.3, 0.4) is 0 Å². The van der Waals surface area contributed by atoms with Crippen molar-refractivity contribution in [3.63, 3.8) is 0 Å². The lowest BCUT2D eigenvalue weighted by Gasteiger charge is -2.45. The third-order valence-corrected chi connectivity index (χ3v) is 6.15. The standard InChI is InChI=1S/C17H34N2/c1-7-19(8-2)12-13(3)18-15-16(4,5)14-9-10-17(15,6)11-14/h13-15,18H,7-12H2,1-6H3. The van der Waals surface area contributed by atoms with Crippen molar-refractivity contribution in [2.75, 3.05) is 19.6 Å². The third-order valence-electron chi connectivity index (χ3n) is 6.15. The molecular formula is C17H34N2. The molecule has 19 heavy (non-hydrogen) atoms. The molecule has 0 saturated heterocycles. The van der Waals surface area contributed by atoms with Crippen LogP contribution in [0.2, 0.25) is 0 Å². The maximum Gasteiger partial charge on any atom is 0.0178 e. The lowest BCUT2D eigenvalue weighted by Crippen LogP contribution is -2.55. The minimum absolute atomic E-state index is 0.477. The Hall–Kier alpha value is -0.0800. The van der Waals surface area contributed by atoms with Gasteiger partial charge in [0.05, 0.1) is 0 Å². The summed E-state index contributed by atoms with van der Waals surface area (Å²) in [5, 5.41) is 4.00. The summed E-state index contributed by atoms with van der Waals surface area (Å²) in [4.78, 5) is 2.53. The van der Waals surface area contributed by atoms with E-state index in [0.29, 0.717) is 22.9 Å². The second kappa shape index (κ2) is 5.37. The molecule has 0 radical (unpaired) electrons. The van der Waals surface area contributed by atoms with E-state index in [1.165, 1.54) is 25.8 Å². The number of fused-ring (bicyclic) bond motifs is 2. The summed E-state index contributed by atoms with van der Waals surface area (Å²) in [7, 11) is 0. The Balaban J connectivity index is 1.98. The highest BCUT2D eigenvalue weighted by atomic mass is 15.1. The van der Waals surface area contributed by atoms with Gasteiger partial charge in [-0.2, -0.15) is 0 Å². The first kappa shape index (κ1) is 15.3. The highest BCUT2D eigenvalue weighted by molar-refractivity contribution is 5.12. The minimum atomic E-state index is 0.477. The second-order valence-corrected chi connectivity index (χ2v) is 7.90. The van der Waals surface area contributed by atoms with E-state index >= 15 is 0 Å². The molecule has 2 fully saturated rings. The molecule has 0 heterocycles. The van der Waals surface area contributed by atoms with Crippen LogP contribution in [0.4, 0.5) is 0 Å². The lowest BCUT2D eigenvalue weighted by molar-refractivity contribution is 0.0940. The molecule has 2 bridgehead atoms. The number of likely N-dealkylation sites (N-methyl/N-ethyl adjacent to an activating group) is 1. The quantitative estimate of drug-likeness (QED) is 0.791.